The molecule has 122 valence electrons. The molecule has 2 aromatic rings. The number of methoxy groups -OCH3 is 1. The predicted molar refractivity (Wildman–Crippen MR) is 91.4 cm³/mol. The fraction of sp³-hybridized carbons (Fsp3) is 0.158. The van der Waals surface area contributed by atoms with Crippen LogP contribution in [0.15, 0.2) is 53.2 Å². The van der Waals surface area contributed by atoms with E-state index in [0.29, 0.717) is 17.1 Å². The molecule has 0 saturated heterocycles. The summed E-state index contributed by atoms with van der Waals surface area (Å²) >= 11 is 0. The molecule has 0 radical (unpaired) electrons. The van der Waals surface area contributed by atoms with Gasteiger partial charge in [0, 0.05) is 11.1 Å². The van der Waals surface area contributed by atoms with Gasteiger partial charge in [-0.3, -0.25) is 4.79 Å². The Morgan fingerprint density at radius 3 is 2.79 bits per heavy atom. The number of amides is 1. The monoisotopic (exact) mass is 324 g/mol. The normalized spacial score (nSPS) is 15.4. The van der Waals surface area contributed by atoms with Crippen LogP contribution >= 0.6 is 0 Å². The van der Waals surface area contributed by atoms with Gasteiger partial charge in [-0.25, -0.2) is 9.38 Å². The van der Waals surface area contributed by atoms with Crippen molar-refractivity contribution in [3.05, 3.63) is 70.7 Å². The second-order valence-electron chi connectivity index (χ2n) is 5.38. The average Bonchev–Trinajstić information content (AvgIpc) is 2.95. The van der Waals surface area contributed by atoms with E-state index in [9.17, 15) is 9.18 Å². The highest BCUT2D eigenvalue weighted by Crippen LogP contribution is 2.24. The van der Waals surface area contributed by atoms with E-state index in [2.05, 4.69) is 17.2 Å². The maximum absolute atomic E-state index is 13.3. The smallest absolute Gasteiger partial charge is 0.275 e. The standard InChI is InChI=1S/C19H17FN2O2/c1-3-12-7-8-17(24-2)14(9-12)11-16-19(23)22-18(21-16)13-5-4-6-15(20)10-13/h4-11H,3H2,1-2H3,(H,21,22,23)/b16-11+. The third kappa shape index (κ3) is 3.20. The van der Waals surface area contributed by atoms with Crippen LogP contribution in [-0.4, -0.2) is 18.9 Å². The lowest BCUT2D eigenvalue weighted by Gasteiger charge is -2.07. The molecule has 1 aliphatic heterocycles. The Hall–Kier alpha value is -2.95. The summed E-state index contributed by atoms with van der Waals surface area (Å²) < 4.78 is 18.7. The van der Waals surface area contributed by atoms with Crippen molar-refractivity contribution >= 4 is 17.8 Å². The van der Waals surface area contributed by atoms with E-state index in [1.165, 1.54) is 12.1 Å². The molecular weight excluding hydrogens is 307 g/mol. The van der Waals surface area contributed by atoms with E-state index in [-0.39, 0.29) is 17.4 Å². The van der Waals surface area contributed by atoms with Crippen LogP contribution in [0.25, 0.3) is 6.08 Å². The lowest BCUT2D eigenvalue weighted by Crippen LogP contribution is -2.24. The van der Waals surface area contributed by atoms with E-state index in [1.54, 1.807) is 25.3 Å². The molecule has 5 heteroatoms. The number of benzene rings is 2. The van der Waals surface area contributed by atoms with E-state index < -0.39 is 0 Å². The molecule has 0 spiro atoms. The number of hydrogen-bond donors (Lipinski definition) is 1. The third-order valence-electron chi connectivity index (χ3n) is 3.79. The molecule has 2 aromatic carbocycles. The lowest BCUT2D eigenvalue weighted by molar-refractivity contribution is -0.115. The largest absolute Gasteiger partial charge is 0.496 e. The molecule has 0 fully saturated rings. The molecule has 0 saturated carbocycles. The maximum atomic E-state index is 13.3. The number of carbonyl (C=O) groups is 1. The molecule has 3 rings (SSSR count). The fourth-order valence-corrected chi connectivity index (χ4v) is 2.50. The van der Waals surface area contributed by atoms with E-state index in [4.69, 9.17) is 4.74 Å². The number of nitrogens with zero attached hydrogens (tertiary/aromatic N) is 1. The summed E-state index contributed by atoms with van der Waals surface area (Å²) in [6, 6.07) is 11.8. The first-order chi connectivity index (χ1) is 11.6. The number of halogens is 1. The van der Waals surface area contributed by atoms with Crippen molar-refractivity contribution in [3.8, 4) is 5.75 Å². The fourth-order valence-electron chi connectivity index (χ4n) is 2.50. The van der Waals surface area contributed by atoms with Crippen molar-refractivity contribution in [1.82, 2.24) is 5.32 Å². The van der Waals surface area contributed by atoms with Crippen molar-refractivity contribution in [1.29, 1.82) is 0 Å². The summed E-state index contributed by atoms with van der Waals surface area (Å²) in [5, 5.41) is 2.67. The first kappa shape index (κ1) is 15.9. The van der Waals surface area contributed by atoms with E-state index in [0.717, 1.165) is 17.5 Å². The van der Waals surface area contributed by atoms with Crippen LogP contribution in [0.1, 0.15) is 23.6 Å². The molecule has 1 N–H and O–H groups in total. The number of aryl methyl sites for hydroxylation is 1. The van der Waals surface area contributed by atoms with Crippen LogP contribution in [0.2, 0.25) is 0 Å². The molecule has 1 heterocycles. The Morgan fingerprint density at radius 2 is 2.08 bits per heavy atom. The lowest BCUT2D eigenvalue weighted by atomic mass is 10.1. The van der Waals surface area contributed by atoms with Gasteiger partial charge in [-0.05, 0) is 42.3 Å². The van der Waals surface area contributed by atoms with Gasteiger partial charge < -0.3 is 10.1 Å². The second-order valence-corrected chi connectivity index (χ2v) is 5.38. The van der Waals surface area contributed by atoms with E-state index >= 15 is 0 Å². The summed E-state index contributed by atoms with van der Waals surface area (Å²) in [7, 11) is 1.58. The van der Waals surface area contributed by atoms with Crippen LogP contribution in [-0.2, 0) is 11.2 Å². The Bertz CT molecular complexity index is 856. The first-order valence-electron chi connectivity index (χ1n) is 7.65. The summed E-state index contributed by atoms with van der Waals surface area (Å²) in [6.45, 7) is 2.06. The Kier molecular flexibility index (Phi) is 4.42. The van der Waals surface area contributed by atoms with Gasteiger partial charge in [-0.15, -0.1) is 0 Å². The van der Waals surface area contributed by atoms with E-state index in [1.807, 2.05) is 18.2 Å². The Morgan fingerprint density at radius 1 is 1.25 bits per heavy atom. The maximum Gasteiger partial charge on any atom is 0.275 e. The van der Waals surface area contributed by atoms with Gasteiger partial charge >= 0.3 is 0 Å². The zero-order valence-electron chi connectivity index (χ0n) is 13.5. The third-order valence-corrected chi connectivity index (χ3v) is 3.79. The minimum Gasteiger partial charge on any atom is -0.496 e. The summed E-state index contributed by atoms with van der Waals surface area (Å²) in [5.74, 6) is 0.315. The first-order valence-corrected chi connectivity index (χ1v) is 7.65. The van der Waals surface area contributed by atoms with Crippen LogP contribution < -0.4 is 10.1 Å². The zero-order chi connectivity index (χ0) is 17.1. The minimum atomic E-state index is -0.376. The average molecular weight is 324 g/mol. The van der Waals surface area contributed by atoms with Gasteiger partial charge in [0.1, 0.15) is 23.1 Å². The highest BCUT2D eigenvalue weighted by Gasteiger charge is 2.21. The number of amidine groups is 1. The van der Waals surface area contributed by atoms with Gasteiger partial charge in [0.05, 0.1) is 7.11 Å². The minimum absolute atomic E-state index is 0.265. The summed E-state index contributed by atoms with van der Waals surface area (Å²) in [4.78, 5) is 16.5. The van der Waals surface area contributed by atoms with Gasteiger partial charge in [-0.1, -0.05) is 25.1 Å². The molecule has 0 atom stereocenters. The molecule has 24 heavy (non-hydrogen) atoms. The van der Waals surface area contributed by atoms with Crippen LogP contribution in [0.3, 0.4) is 0 Å². The van der Waals surface area contributed by atoms with Crippen molar-refractivity contribution in [2.45, 2.75) is 13.3 Å². The predicted octanol–water partition coefficient (Wildman–Crippen LogP) is 3.31. The molecule has 1 amide bonds. The Balaban J connectivity index is 2.00. The second kappa shape index (κ2) is 6.66. The zero-order valence-corrected chi connectivity index (χ0v) is 13.5. The van der Waals surface area contributed by atoms with Crippen LogP contribution in [0.4, 0.5) is 4.39 Å². The highest BCUT2D eigenvalue weighted by molar-refractivity contribution is 6.19. The SMILES string of the molecule is CCc1ccc(OC)c(/C=C2/N=C(c3cccc(F)c3)NC2=O)c1. The van der Waals surface area contributed by atoms with Crippen molar-refractivity contribution in [2.24, 2.45) is 4.99 Å². The Labute approximate surface area is 139 Å². The quantitative estimate of drug-likeness (QED) is 0.877. The van der Waals surface area contributed by atoms with Crippen molar-refractivity contribution in [3.63, 3.8) is 0 Å². The molecule has 0 bridgehead atoms. The number of rotatable bonds is 4. The number of ether oxygens (including phenoxy) is 1. The molecule has 0 unspecified atom stereocenters. The molecule has 1 aliphatic rings. The molecular formula is C19H17FN2O2. The van der Waals surface area contributed by atoms with Gasteiger partial charge in [0.2, 0.25) is 0 Å². The van der Waals surface area contributed by atoms with Gasteiger partial charge in [-0.2, -0.15) is 0 Å². The van der Waals surface area contributed by atoms with Gasteiger partial charge in [0.15, 0.2) is 0 Å². The van der Waals surface area contributed by atoms with Gasteiger partial charge in [0.25, 0.3) is 5.91 Å². The van der Waals surface area contributed by atoms with Crippen molar-refractivity contribution in [2.75, 3.05) is 7.11 Å². The number of nitrogens with one attached hydrogen (secondary N) is 1. The number of carbonyl (C=O) groups excluding carboxylic acids is 1. The summed E-state index contributed by atoms with van der Waals surface area (Å²) in [6.07, 6.45) is 2.56. The topological polar surface area (TPSA) is 50.7 Å². The molecule has 0 aliphatic carbocycles. The molecule has 4 nitrogen and oxygen atoms in total. The summed E-state index contributed by atoms with van der Waals surface area (Å²) in [5.41, 5.74) is 2.71. The number of hydrogen-bond acceptors (Lipinski definition) is 3. The van der Waals surface area contributed by atoms with Crippen LogP contribution in [0, 0.1) is 5.82 Å². The van der Waals surface area contributed by atoms with Crippen LogP contribution in [0.5, 0.6) is 5.75 Å². The number of aliphatic imine (C=N–C) groups is 1. The highest BCUT2D eigenvalue weighted by atomic mass is 19.1. The molecule has 0 aromatic heterocycles. The van der Waals surface area contributed by atoms with Crippen molar-refractivity contribution < 1.29 is 13.9 Å².